The van der Waals surface area contributed by atoms with Crippen molar-refractivity contribution in [2.45, 2.75) is 32.8 Å². The number of halogens is 2. The monoisotopic (exact) mass is 301 g/mol. The molecule has 0 bridgehead atoms. The summed E-state index contributed by atoms with van der Waals surface area (Å²) in [7, 11) is 0. The Morgan fingerprint density at radius 2 is 2.11 bits per heavy atom. The smallest absolute Gasteiger partial charge is 0.121 e. The van der Waals surface area contributed by atoms with Crippen molar-refractivity contribution in [2.75, 3.05) is 13.1 Å². The van der Waals surface area contributed by atoms with E-state index in [1.165, 1.54) is 6.42 Å². The van der Waals surface area contributed by atoms with Crippen LogP contribution in [0.15, 0.2) is 18.2 Å². The highest BCUT2D eigenvalue weighted by Gasteiger charge is 2.27. The molecule has 1 saturated heterocycles. The highest BCUT2D eigenvalue weighted by molar-refractivity contribution is 6.42. The van der Waals surface area contributed by atoms with Crippen molar-refractivity contribution >= 4 is 23.2 Å². The lowest BCUT2D eigenvalue weighted by Crippen LogP contribution is -2.30. The van der Waals surface area contributed by atoms with Crippen LogP contribution in [0.4, 0.5) is 0 Å². The molecule has 1 aromatic carbocycles. The van der Waals surface area contributed by atoms with Crippen LogP contribution in [-0.4, -0.2) is 19.2 Å². The Morgan fingerprint density at radius 3 is 2.68 bits per heavy atom. The van der Waals surface area contributed by atoms with E-state index < -0.39 is 0 Å². The van der Waals surface area contributed by atoms with E-state index >= 15 is 0 Å². The largest absolute Gasteiger partial charge is 0.490 e. The molecule has 1 aromatic rings. The van der Waals surface area contributed by atoms with Gasteiger partial charge in [0.05, 0.1) is 10.0 Å². The molecule has 0 radical (unpaired) electrons. The average Bonchev–Trinajstić information content (AvgIpc) is 2.86. The van der Waals surface area contributed by atoms with E-state index in [0.717, 1.165) is 25.3 Å². The Hall–Kier alpha value is -0.440. The molecule has 0 aromatic heterocycles. The third kappa shape index (κ3) is 4.27. The van der Waals surface area contributed by atoms with E-state index in [1.807, 2.05) is 6.07 Å². The first-order chi connectivity index (χ1) is 9.06. The first-order valence-electron chi connectivity index (χ1n) is 6.88. The second kappa shape index (κ2) is 6.83. The summed E-state index contributed by atoms with van der Waals surface area (Å²) in [5, 5.41) is 4.52. The highest BCUT2D eigenvalue weighted by Crippen LogP contribution is 2.30. The molecule has 0 saturated carbocycles. The minimum Gasteiger partial charge on any atom is -0.490 e. The van der Waals surface area contributed by atoms with Gasteiger partial charge >= 0.3 is 0 Å². The molecule has 0 amide bonds. The summed E-state index contributed by atoms with van der Waals surface area (Å²) in [4.78, 5) is 0. The summed E-state index contributed by atoms with van der Waals surface area (Å²) < 4.78 is 6.16. The molecule has 2 atom stereocenters. The van der Waals surface area contributed by atoms with Crippen molar-refractivity contribution in [3.8, 4) is 5.75 Å². The zero-order chi connectivity index (χ0) is 13.8. The van der Waals surface area contributed by atoms with Gasteiger partial charge in [0.15, 0.2) is 0 Å². The maximum absolute atomic E-state index is 6.16. The molecule has 19 heavy (non-hydrogen) atoms. The lowest BCUT2D eigenvalue weighted by atomic mass is 9.93. The predicted molar refractivity (Wildman–Crippen MR) is 81.3 cm³/mol. The van der Waals surface area contributed by atoms with Crippen molar-refractivity contribution in [3.63, 3.8) is 0 Å². The Labute approximate surface area is 125 Å². The SMILES string of the molecule is CC(C)C[C@H](Oc1ccc(Cl)c(Cl)c1)[C@H]1CCNC1. The molecule has 1 aliphatic rings. The summed E-state index contributed by atoms with van der Waals surface area (Å²) in [6.45, 7) is 6.59. The number of hydrogen-bond donors (Lipinski definition) is 1. The predicted octanol–water partition coefficient (Wildman–Crippen LogP) is 4.40. The lowest BCUT2D eigenvalue weighted by Gasteiger charge is -2.26. The van der Waals surface area contributed by atoms with Gasteiger partial charge in [-0.15, -0.1) is 0 Å². The zero-order valence-corrected chi connectivity index (χ0v) is 13.0. The van der Waals surface area contributed by atoms with Crippen molar-refractivity contribution in [1.82, 2.24) is 5.32 Å². The molecule has 0 spiro atoms. The van der Waals surface area contributed by atoms with Gasteiger partial charge in [-0.3, -0.25) is 0 Å². The number of ether oxygens (including phenoxy) is 1. The van der Waals surface area contributed by atoms with Gasteiger partial charge in [0.2, 0.25) is 0 Å². The summed E-state index contributed by atoms with van der Waals surface area (Å²) in [5.41, 5.74) is 0. The van der Waals surface area contributed by atoms with E-state index in [1.54, 1.807) is 12.1 Å². The molecule has 0 aliphatic carbocycles. The standard InChI is InChI=1S/C15H21Cl2NO/c1-10(2)7-15(11-5-6-18-9-11)19-12-3-4-13(16)14(17)8-12/h3-4,8,10-11,15,18H,5-7,9H2,1-2H3/t11-,15-/m0/s1. The van der Waals surface area contributed by atoms with Crippen LogP contribution < -0.4 is 10.1 Å². The Bertz CT molecular complexity index is 417. The van der Waals surface area contributed by atoms with E-state index in [2.05, 4.69) is 19.2 Å². The molecule has 106 valence electrons. The quantitative estimate of drug-likeness (QED) is 0.870. The van der Waals surface area contributed by atoms with E-state index in [4.69, 9.17) is 27.9 Å². The minimum absolute atomic E-state index is 0.243. The van der Waals surface area contributed by atoms with Crippen LogP contribution in [0.25, 0.3) is 0 Å². The van der Waals surface area contributed by atoms with Gasteiger partial charge in [-0.2, -0.15) is 0 Å². The van der Waals surface area contributed by atoms with Gasteiger partial charge in [0.25, 0.3) is 0 Å². The van der Waals surface area contributed by atoms with Crippen LogP contribution in [-0.2, 0) is 0 Å². The second-order valence-electron chi connectivity index (χ2n) is 5.61. The molecular weight excluding hydrogens is 281 g/mol. The fourth-order valence-electron chi connectivity index (χ4n) is 2.52. The Kier molecular flexibility index (Phi) is 5.37. The number of rotatable bonds is 5. The van der Waals surface area contributed by atoms with Crippen molar-refractivity contribution < 1.29 is 4.74 Å². The fourth-order valence-corrected chi connectivity index (χ4v) is 2.81. The molecule has 0 unspecified atom stereocenters. The van der Waals surface area contributed by atoms with Gasteiger partial charge in [-0.25, -0.2) is 0 Å². The molecule has 1 heterocycles. The molecule has 4 heteroatoms. The minimum atomic E-state index is 0.243. The van der Waals surface area contributed by atoms with Gasteiger partial charge in [-0.05, 0) is 37.4 Å². The van der Waals surface area contributed by atoms with Crippen LogP contribution in [0, 0.1) is 11.8 Å². The van der Waals surface area contributed by atoms with E-state index in [0.29, 0.717) is 21.9 Å². The Balaban J connectivity index is 2.07. The first kappa shape index (κ1) is 15.0. The summed E-state index contributed by atoms with van der Waals surface area (Å²) in [5.74, 6) is 2.01. The number of nitrogens with one attached hydrogen (secondary N) is 1. The first-order valence-corrected chi connectivity index (χ1v) is 7.64. The lowest BCUT2D eigenvalue weighted by molar-refractivity contribution is 0.119. The Morgan fingerprint density at radius 1 is 1.32 bits per heavy atom. The third-order valence-electron chi connectivity index (χ3n) is 3.51. The summed E-state index contributed by atoms with van der Waals surface area (Å²) in [6.07, 6.45) is 2.48. The van der Waals surface area contributed by atoms with Crippen molar-refractivity contribution in [1.29, 1.82) is 0 Å². The number of hydrogen-bond acceptors (Lipinski definition) is 2. The maximum Gasteiger partial charge on any atom is 0.121 e. The fraction of sp³-hybridized carbons (Fsp3) is 0.600. The molecule has 1 aliphatic heterocycles. The van der Waals surface area contributed by atoms with E-state index in [-0.39, 0.29) is 6.10 Å². The van der Waals surface area contributed by atoms with Gasteiger partial charge in [-0.1, -0.05) is 37.0 Å². The van der Waals surface area contributed by atoms with Crippen molar-refractivity contribution in [2.24, 2.45) is 11.8 Å². The topological polar surface area (TPSA) is 21.3 Å². The third-order valence-corrected chi connectivity index (χ3v) is 4.25. The molecule has 2 rings (SSSR count). The number of benzene rings is 1. The van der Waals surface area contributed by atoms with Crippen LogP contribution in [0.5, 0.6) is 5.75 Å². The van der Waals surface area contributed by atoms with E-state index in [9.17, 15) is 0 Å². The van der Waals surface area contributed by atoms with Crippen LogP contribution in [0.2, 0.25) is 10.0 Å². The summed E-state index contributed by atoms with van der Waals surface area (Å²) >= 11 is 12.0. The van der Waals surface area contributed by atoms with Gasteiger partial charge < -0.3 is 10.1 Å². The average molecular weight is 302 g/mol. The normalized spacial score (nSPS) is 20.8. The summed E-state index contributed by atoms with van der Waals surface area (Å²) in [6, 6.07) is 5.49. The van der Waals surface area contributed by atoms with Crippen LogP contribution in [0.1, 0.15) is 26.7 Å². The van der Waals surface area contributed by atoms with Gasteiger partial charge in [0, 0.05) is 18.5 Å². The zero-order valence-electron chi connectivity index (χ0n) is 11.5. The molecule has 1 N–H and O–H groups in total. The van der Waals surface area contributed by atoms with Crippen LogP contribution in [0.3, 0.4) is 0 Å². The maximum atomic E-state index is 6.16. The molecule has 1 fully saturated rings. The molecular formula is C15H21Cl2NO. The second-order valence-corrected chi connectivity index (χ2v) is 6.43. The molecule has 2 nitrogen and oxygen atoms in total. The van der Waals surface area contributed by atoms with Gasteiger partial charge in [0.1, 0.15) is 11.9 Å². The highest BCUT2D eigenvalue weighted by atomic mass is 35.5. The van der Waals surface area contributed by atoms with Crippen molar-refractivity contribution in [3.05, 3.63) is 28.2 Å². The van der Waals surface area contributed by atoms with Crippen LogP contribution >= 0.6 is 23.2 Å².